The zero-order valence-electron chi connectivity index (χ0n) is 9.12. The minimum absolute atomic E-state index is 0.0609. The number of para-hydroxylation sites is 1. The fourth-order valence-corrected chi connectivity index (χ4v) is 1.36. The summed E-state index contributed by atoms with van der Waals surface area (Å²) in [6.07, 6.45) is 0. The molecule has 0 aliphatic carbocycles. The van der Waals surface area contributed by atoms with Crippen LogP contribution in [0.4, 0.5) is 20.4 Å². The first kappa shape index (κ1) is 12.4. The minimum atomic E-state index is -0.773. The van der Waals surface area contributed by atoms with Crippen LogP contribution >= 0.6 is 11.6 Å². The Morgan fingerprint density at radius 1 is 1.17 bits per heavy atom. The molecule has 1 heterocycles. The summed E-state index contributed by atoms with van der Waals surface area (Å²) in [5.74, 6) is -1.66. The molecule has 1 N–H and O–H groups in total. The number of benzene rings is 1. The fraction of sp³-hybridized carbons (Fsp3) is 0.100. The molecule has 94 valence electrons. The molecule has 0 atom stereocenters. The highest BCUT2D eigenvalue weighted by atomic mass is 35.5. The van der Waals surface area contributed by atoms with Gasteiger partial charge < -0.3 is 10.1 Å². The second kappa shape index (κ2) is 5.09. The third kappa shape index (κ3) is 2.62. The Morgan fingerprint density at radius 3 is 2.44 bits per heavy atom. The quantitative estimate of drug-likeness (QED) is 0.930. The molecule has 0 radical (unpaired) electrons. The Morgan fingerprint density at radius 2 is 1.83 bits per heavy atom. The van der Waals surface area contributed by atoms with E-state index in [4.69, 9.17) is 16.3 Å². The van der Waals surface area contributed by atoms with Gasteiger partial charge in [-0.15, -0.1) is 0 Å². The lowest BCUT2D eigenvalue weighted by atomic mass is 10.3. The van der Waals surface area contributed by atoms with Gasteiger partial charge in [-0.25, -0.2) is 8.78 Å². The molecule has 0 saturated heterocycles. The monoisotopic (exact) mass is 272 g/mol. The molecule has 0 saturated carbocycles. The summed E-state index contributed by atoms with van der Waals surface area (Å²) in [4.78, 5) is 11.1. The van der Waals surface area contributed by atoms with Gasteiger partial charge in [0.2, 0.25) is 11.2 Å². The van der Waals surface area contributed by atoms with Crippen LogP contribution in [0.25, 0.3) is 0 Å². The summed E-state index contributed by atoms with van der Waals surface area (Å²) in [5.41, 5.74) is -0.373. The van der Waals surface area contributed by atoms with E-state index in [0.29, 0.717) is 0 Å². The number of nitrogens with one attached hydrogen (secondary N) is 1. The summed E-state index contributed by atoms with van der Waals surface area (Å²) >= 11 is 5.60. The van der Waals surface area contributed by atoms with Crippen LogP contribution in [-0.4, -0.2) is 22.1 Å². The van der Waals surface area contributed by atoms with E-state index in [1.165, 1.54) is 13.2 Å². The normalized spacial score (nSPS) is 10.2. The lowest BCUT2D eigenvalue weighted by Gasteiger charge is -2.07. The van der Waals surface area contributed by atoms with Crippen LogP contribution in [0.15, 0.2) is 18.2 Å². The van der Waals surface area contributed by atoms with Gasteiger partial charge >= 0.3 is 6.01 Å². The van der Waals surface area contributed by atoms with E-state index in [2.05, 4.69) is 20.3 Å². The van der Waals surface area contributed by atoms with Crippen molar-refractivity contribution in [1.82, 2.24) is 15.0 Å². The maximum absolute atomic E-state index is 13.4. The van der Waals surface area contributed by atoms with Gasteiger partial charge in [0.05, 0.1) is 7.11 Å². The average molecular weight is 273 g/mol. The average Bonchev–Trinajstić information content (AvgIpc) is 2.33. The molecule has 0 unspecified atom stereocenters. The maximum atomic E-state index is 13.4. The van der Waals surface area contributed by atoms with Crippen LogP contribution in [0.3, 0.4) is 0 Å². The fourth-order valence-electron chi connectivity index (χ4n) is 1.21. The third-order valence-electron chi connectivity index (χ3n) is 1.97. The smallest absolute Gasteiger partial charge is 0.322 e. The third-order valence-corrected chi connectivity index (χ3v) is 2.14. The number of hydrogen-bond acceptors (Lipinski definition) is 5. The van der Waals surface area contributed by atoms with Crippen LogP contribution in [0.5, 0.6) is 6.01 Å². The van der Waals surface area contributed by atoms with Crippen LogP contribution in [0.1, 0.15) is 0 Å². The largest absolute Gasteiger partial charge is 0.467 e. The lowest BCUT2D eigenvalue weighted by molar-refractivity contribution is 0.379. The Kier molecular flexibility index (Phi) is 3.52. The van der Waals surface area contributed by atoms with E-state index in [0.717, 1.165) is 12.1 Å². The van der Waals surface area contributed by atoms with Gasteiger partial charge in [-0.3, -0.25) is 0 Å². The lowest BCUT2D eigenvalue weighted by Crippen LogP contribution is -2.04. The summed E-state index contributed by atoms with van der Waals surface area (Å²) < 4.78 is 31.5. The molecule has 2 aromatic rings. The molecule has 0 fully saturated rings. The van der Waals surface area contributed by atoms with Crippen molar-refractivity contribution in [2.45, 2.75) is 0 Å². The summed E-state index contributed by atoms with van der Waals surface area (Å²) in [6, 6.07) is 3.39. The highest BCUT2D eigenvalue weighted by molar-refractivity contribution is 6.28. The van der Waals surface area contributed by atoms with Crippen LogP contribution in [0, 0.1) is 11.6 Å². The highest BCUT2D eigenvalue weighted by Crippen LogP contribution is 2.22. The van der Waals surface area contributed by atoms with E-state index in [1.54, 1.807) is 0 Å². The Bertz CT molecular complexity index is 562. The van der Waals surface area contributed by atoms with Crippen LogP contribution in [-0.2, 0) is 0 Å². The molecule has 0 spiro atoms. The summed E-state index contributed by atoms with van der Waals surface area (Å²) in [6.45, 7) is 0. The van der Waals surface area contributed by atoms with E-state index >= 15 is 0 Å². The first-order chi connectivity index (χ1) is 8.60. The van der Waals surface area contributed by atoms with Crippen molar-refractivity contribution < 1.29 is 13.5 Å². The molecule has 8 heteroatoms. The number of anilines is 2. The van der Waals surface area contributed by atoms with Crippen LogP contribution < -0.4 is 10.1 Å². The molecule has 1 aromatic heterocycles. The van der Waals surface area contributed by atoms with Crippen molar-refractivity contribution in [3.63, 3.8) is 0 Å². The molecule has 1 aromatic carbocycles. The Balaban J connectivity index is 2.37. The number of nitrogens with zero attached hydrogens (tertiary/aromatic N) is 3. The predicted octanol–water partition coefficient (Wildman–Crippen LogP) is 2.56. The minimum Gasteiger partial charge on any atom is -0.467 e. The van der Waals surface area contributed by atoms with Crippen molar-refractivity contribution in [3.8, 4) is 6.01 Å². The zero-order chi connectivity index (χ0) is 13.1. The number of hydrogen-bond donors (Lipinski definition) is 1. The van der Waals surface area contributed by atoms with Crippen molar-refractivity contribution >= 4 is 23.2 Å². The number of aromatic nitrogens is 3. The molecule has 18 heavy (non-hydrogen) atoms. The van der Waals surface area contributed by atoms with Gasteiger partial charge in [-0.2, -0.15) is 15.0 Å². The highest BCUT2D eigenvalue weighted by Gasteiger charge is 2.11. The number of halogens is 3. The van der Waals surface area contributed by atoms with Gasteiger partial charge in [-0.05, 0) is 23.7 Å². The van der Waals surface area contributed by atoms with Crippen LogP contribution in [0.2, 0.25) is 5.28 Å². The van der Waals surface area contributed by atoms with Crippen molar-refractivity contribution in [1.29, 1.82) is 0 Å². The Hall–Kier alpha value is -2.02. The topological polar surface area (TPSA) is 59.9 Å². The molecule has 0 aliphatic heterocycles. The molecule has 5 nitrogen and oxygen atoms in total. The van der Waals surface area contributed by atoms with E-state index in [9.17, 15) is 8.78 Å². The number of ether oxygens (including phenoxy) is 1. The first-order valence-electron chi connectivity index (χ1n) is 4.76. The van der Waals surface area contributed by atoms with Gasteiger partial charge in [-0.1, -0.05) is 6.07 Å². The molecular weight excluding hydrogens is 266 g/mol. The van der Waals surface area contributed by atoms with E-state index in [1.807, 2.05) is 0 Å². The predicted molar refractivity (Wildman–Crippen MR) is 61.0 cm³/mol. The number of rotatable bonds is 3. The van der Waals surface area contributed by atoms with Gasteiger partial charge in [0, 0.05) is 0 Å². The molecular formula is C10H7ClF2N4O. The van der Waals surface area contributed by atoms with E-state index < -0.39 is 11.6 Å². The van der Waals surface area contributed by atoms with Gasteiger partial charge in [0.25, 0.3) is 0 Å². The van der Waals surface area contributed by atoms with Crippen molar-refractivity contribution in [3.05, 3.63) is 35.1 Å². The second-order valence-corrected chi connectivity index (χ2v) is 3.47. The van der Waals surface area contributed by atoms with Gasteiger partial charge in [0.15, 0.2) is 0 Å². The zero-order valence-corrected chi connectivity index (χ0v) is 9.87. The van der Waals surface area contributed by atoms with Gasteiger partial charge in [0.1, 0.15) is 17.3 Å². The van der Waals surface area contributed by atoms with E-state index in [-0.39, 0.29) is 22.9 Å². The summed E-state index contributed by atoms with van der Waals surface area (Å²) in [7, 11) is 1.33. The number of methoxy groups -OCH3 is 1. The molecule has 0 amide bonds. The molecule has 2 rings (SSSR count). The van der Waals surface area contributed by atoms with Crippen molar-refractivity contribution in [2.24, 2.45) is 0 Å². The molecule has 0 aliphatic rings. The second-order valence-electron chi connectivity index (χ2n) is 3.14. The summed E-state index contributed by atoms with van der Waals surface area (Å²) in [5, 5.41) is 2.23. The maximum Gasteiger partial charge on any atom is 0.322 e. The molecule has 0 bridgehead atoms. The Labute approximate surface area is 106 Å². The SMILES string of the molecule is COc1nc(Cl)nc(Nc2c(F)cccc2F)n1. The first-order valence-corrected chi connectivity index (χ1v) is 5.14. The standard InChI is InChI=1S/C10H7ClF2N4O/c1-18-10-16-8(11)15-9(17-10)14-7-5(12)3-2-4-6(7)13/h2-4H,1H3,(H,14,15,16,17). The van der Waals surface area contributed by atoms with Crippen molar-refractivity contribution in [2.75, 3.05) is 12.4 Å².